The molecule has 0 heterocycles. The maximum Gasteiger partial charge on any atom is 0.130 e. The molecule has 1 rings (SSSR count). The quantitative estimate of drug-likeness (QED) is 0.552. The molecule has 3 heteroatoms. The predicted molar refractivity (Wildman–Crippen MR) is 52.6 cm³/mol. The van der Waals surface area contributed by atoms with Crippen molar-refractivity contribution in [3.8, 4) is 0 Å². The van der Waals surface area contributed by atoms with Crippen molar-refractivity contribution in [3.63, 3.8) is 0 Å². The van der Waals surface area contributed by atoms with E-state index in [1.165, 1.54) is 6.07 Å². The molecule has 1 aromatic carbocycles. The molecule has 0 spiro atoms. The fourth-order valence-corrected chi connectivity index (χ4v) is 1.15. The second-order valence-corrected chi connectivity index (χ2v) is 2.91. The van der Waals surface area contributed by atoms with Gasteiger partial charge in [-0.3, -0.25) is 0 Å². The molecule has 2 nitrogen and oxygen atoms in total. The molecule has 4 N–H and O–H groups in total. The van der Waals surface area contributed by atoms with E-state index >= 15 is 0 Å². The highest BCUT2D eigenvalue weighted by molar-refractivity contribution is 5.41. The summed E-state index contributed by atoms with van der Waals surface area (Å²) in [6.45, 7) is 3.55. The van der Waals surface area contributed by atoms with E-state index in [0.717, 1.165) is 0 Å². The lowest BCUT2D eigenvalue weighted by Gasteiger charge is -2.10. The number of halogens is 1. The Morgan fingerprint density at radius 3 is 2.77 bits per heavy atom. The Hall–Kier alpha value is -1.35. The zero-order valence-electron chi connectivity index (χ0n) is 7.33. The van der Waals surface area contributed by atoms with Crippen LogP contribution in [0, 0.1) is 5.82 Å². The van der Waals surface area contributed by atoms with Crippen LogP contribution in [0.5, 0.6) is 0 Å². The lowest BCUT2D eigenvalue weighted by atomic mass is 10.0. The first-order chi connectivity index (χ1) is 6.15. The summed E-state index contributed by atoms with van der Waals surface area (Å²) < 4.78 is 13.2. The van der Waals surface area contributed by atoms with Gasteiger partial charge in [0, 0.05) is 17.3 Å². The summed E-state index contributed by atoms with van der Waals surface area (Å²) in [5.74, 6) is -0.352. The van der Waals surface area contributed by atoms with Crippen LogP contribution in [0.4, 0.5) is 10.1 Å². The molecule has 13 heavy (non-hydrogen) atoms. The maximum absolute atomic E-state index is 13.2. The van der Waals surface area contributed by atoms with Crippen LogP contribution in [0.25, 0.3) is 0 Å². The number of hydrogen-bond donors (Lipinski definition) is 2. The molecule has 0 saturated carbocycles. The van der Waals surface area contributed by atoms with Gasteiger partial charge >= 0.3 is 0 Å². The minimum atomic E-state index is -0.352. The van der Waals surface area contributed by atoms with Crippen LogP contribution >= 0.6 is 0 Å². The Bertz CT molecular complexity index is 310. The van der Waals surface area contributed by atoms with Crippen LogP contribution in [-0.4, -0.2) is 0 Å². The monoisotopic (exact) mass is 180 g/mol. The fourth-order valence-electron chi connectivity index (χ4n) is 1.15. The van der Waals surface area contributed by atoms with Crippen LogP contribution in [0.15, 0.2) is 30.9 Å². The molecule has 70 valence electrons. The molecular formula is C10H13FN2. The molecule has 0 aromatic heterocycles. The van der Waals surface area contributed by atoms with E-state index < -0.39 is 0 Å². The van der Waals surface area contributed by atoms with E-state index in [2.05, 4.69) is 6.58 Å². The summed E-state index contributed by atoms with van der Waals surface area (Å²) in [5.41, 5.74) is 12.0. The summed E-state index contributed by atoms with van der Waals surface area (Å²) in [4.78, 5) is 0. The average Bonchev–Trinajstić information content (AvgIpc) is 2.04. The standard InChI is InChI=1S/C10H13FN2/c1-2-3-10(13)8-5-4-7(12)6-9(8)11/h2,4-6,10H,1,3,12-13H2. The van der Waals surface area contributed by atoms with Gasteiger partial charge in [0.2, 0.25) is 0 Å². The van der Waals surface area contributed by atoms with Crippen molar-refractivity contribution in [1.29, 1.82) is 0 Å². The van der Waals surface area contributed by atoms with Gasteiger partial charge < -0.3 is 11.5 Å². The number of anilines is 1. The third-order valence-electron chi connectivity index (χ3n) is 1.84. The van der Waals surface area contributed by atoms with Crippen molar-refractivity contribution in [1.82, 2.24) is 0 Å². The zero-order valence-corrected chi connectivity index (χ0v) is 7.33. The molecule has 0 aliphatic carbocycles. The summed E-state index contributed by atoms with van der Waals surface area (Å²) in [6.07, 6.45) is 2.22. The molecule has 0 amide bonds. The van der Waals surface area contributed by atoms with Crippen molar-refractivity contribution in [3.05, 3.63) is 42.2 Å². The summed E-state index contributed by atoms with van der Waals surface area (Å²) in [6, 6.07) is 4.19. The Morgan fingerprint density at radius 2 is 2.23 bits per heavy atom. The smallest absolute Gasteiger partial charge is 0.130 e. The Labute approximate surface area is 77.0 Å². The normalized spacial score (nSPS) is 12.5. The molecule has 0 saturated heterocycles. The van der Waals surface area contributed by atoms with Crippen LogP contribution in [0.2, 0.25) is 0 Å². The maximum atomic E-state index is 13.2. The minimum Gasteiger partial charge on any atom is -0.399 e. The van der Waals surface area contributed by atoms with Crippen molar-refractivity contribution in [2.75, 3.05) is 5.73 Å². The largest absolute Gasteiger partial charge is 0.399 e. The van der Waals surface area contributed by atoms with Gasteiger partial charge in [-0.15, -0.1) is 6.58 Å². The molecule has 1 unspecified atom stereocenters. The van der Waals surface area contributed by atoms with Gasteiger partial charge in [0.15, 0.2) is 0 Å². The van der Waals surface area contributed by atoms with Crippen molar-refractivity contribution < 1.29 is 4.39 Å². The number of hydrogen-bond acceptors (Lipinski definition) is 2. The van der Waals surface area contributed by atoms with E-state index in [1.54, 1.807) is 18.2 Å². The Balaban J connectivity index is 2.94. The van der Waals surface area contributed by atoms with E-state index in [-0.39, 0.29) is 11.9 Å². The van der Waals surface area contributed by atoms with E-state index in [1.807, 2.05) is 0 Å². The Kier molecular flexibility index (Phi) is 3.03. The number of rotatable bonds is 3. The van der Waals surface area contributed by atoms with Gasteiger partial charge in [-0.05, 0) is 18.6 Å². The summed E-state index contributed by atoms with van der Waals surface area (Å²) in [7, 11) is 0. The number of nitrogen functional groups attached to an aromatic ring is 1. The summed E-state index contributed by atoms with van der Waals surface area (Å²) >= 11 is 0. The third kappa shape index (κ3) is 2.29. The first kappa shape index (κ1) is 9.74. The predicted octanol–water partition coefficient (Wildman–Crippen LogP) is 1.98. The van der Waals surface area contributed by atoms with Crippen LogP contribution in [-0.2, 0) is 0 Å². The molecule has 1 atom stereocenters. The first-order valence-corrected chi connectivity index (χ1v) is 4.06. The van der Waals surface area contributed by atoms with Gasteiger partial charge in [-0.25, -0.2) is 4.39 Å². The topological polar surface area (TPSA) is 52.0 Å². The lowest BCUT2D eigenvalue weighted by Crippen LogP contribution is -2.11. The summed E-state index contributed by atoms with van der Waals surface area (Å²) in [5, 5.41) is 0. The van der Waals surface area contributed by atoms with Crippen LogP contribution < -0.4 is 11.5 Å². The van der Waals surface area contributed by atoms with Crippen LogP contribution in [0.3, 0.4) is 0 Å². The van der Waals surface area contributed by atoms with Crippen LogP contribution in [0.1, 0.15) is 18.0 Å². The second kappa shape index (κ2) is 4.05. The number of benzene rings is 1. The fraction of sp³-hybridized carbons (Fsp3) is 0.200. The lowest BCUT2D eigenvalue weighted by molar-refractivity contribution is 0.584. The molecule has 1 aromatic rings. The second-order valence-electron chi connectivity index (χ2n) is 2.91. The van der Waals surface area contributed by atoms with Crippen molar-refractivity contribution in [2.45, 2.75) is 12.5 Å². The van der Waals surface area contributed by atoms with E-state index in [4.69, 9.17) is 11.5 Å². The van der Waals surface area contributed by atoms with Crippen molar-refractivity contribution >= 4 is 5.69 Å². The highest BCUT2D eigenvalue weighted by Gasteiger charge is 2.09. The van der Waals surface area contributed by atoms with Gasteiger partial charge in [0.05, 0.1) is 0 Å². The molecule has 0 aliphatic rings. The number of nitrogens with two attached hydrogens (primary N) is 2. The highest BCUT2D eigenvalue weighted by atomic mass is 19.1. The molecular weight excluding hydrogens is 167 g/mol. The van der Waals surface area contributed by atoms with Crippen molar-refractivity contribution in [2.24, 2.45) is 5.73 Å². The van der Waals surface area contributed by atoms with E-state index in [0.29, 0.717) is 17.7 Å². The first-order valence-electron chi connectivity index (χ1n) is 4.06. The average molecular weight is 180 g/mol. The van der Waals surface area contributed by atoms with Gasteiger partial charge in [0.25, 0.3) is 0 Å². The zero-order chi connectivity index (χ0) is 9.84. The van der Waals surface area contributed by atoms with Gasteiger partial charge in [-0.2, -0.15) is 0 Å². The highest BCUT2D eigenvalue weighted by Crippen LogP contribution is 2.19. The minimum absolute atomic E-state index is 0.335. The molecule has 0 fully saturated rings. The SMILES string of the molecule is C=CCC(N)c1ccc(N)cc1F. The van der Waals surface area contributed by atoms with E-state index in [9.17, 15) is 4.39 Å². The molecule has 0 aliphatic heterocycles. The Morgan fingerprint density at radius 1 is 1.54 bits per heavy atom. The molecule has 0 bridgehead atoms. The van der Waals surface area contributed by atoms with Gasteiger partial charge in [-0.1, -0.05) is 12.1 Å². The third-order valence-corrected chi connectivity index (χ3v) is 1.84. The molecule has 0 radical (unpaired) electrons. The van der Waals surface area contributed by atoms with Gasteiger partial charge in [0.1, 0.15) is 5.82 Å².